The van der Waals surface area contributed by atoms with Gasteiger partial charge in [-0.05, 0) is 19.8 Å². The Morgan fingerprint density at radius 2 is 1.88 bits per heavy atom. The van der Waals surface area contributed by atoms with Gasteiger partial charge in [-0.25, -0.2) is 4.98 Å². The molecule has 2 fully saturated rings. The fourth-order valence-electron chi connectivity index (χ4n) is 3.61. The Labute approximate surface area is 142 Å². The number of aromatic nitrogens is 2. The first-order valence-electron chi connectivity index (χ1n) is 8.71. The first-order chi connectivity index (χ1) is 11.5. The summed E-state index contributed by atoms with van der Waals surface area (Å²) in [6, 6.07) is 0. The molecule has 24 heavy (non-hydrogen) atoms. The number of rotatable bonds is 3. The van der Waals surface area contributed by atoms with Gasteiger partial charge in [0.15, 0.2) is 0 Å². The molecule has 1 aliphatic carbocycles. The topological polar surface area (TPSA) is 76.5 Å². The third-order valence-electron chi connectivity index (χ3n) is 5.22. The third kappa shape index (κ3) is 3.17. The summed E-state index contributed by atoms with van der Waals surface area (Å²) in [4.78, 5) is 32.0. The van der Waals surface area contributed by atoms with Crippen molar-refractivity contribution in [3.8, 4) is 0 Å². The van der Waals surface area contributed by atoms with Crippen LogP contribution in [0.25, 0.3) is 0 Å². The number of hydrogen-bond donors (Lipinski definition) is 1. The van der Waals surface area contributed by atoms with Crippen LogP contribution >= 0.6 is 0 Å². The van der Waals surface area contributed by atoms with Gasteiger partial charge >= 0.3 is 0 Å². The largest absolute Gasteiger partial charge is 0.378 e. The number of carbonyl (C=O) groups is 2. The van der Waals surface area contributed by atoms with E-state index in [1.807, 2.05) is 18.9 Å². The zero-order valence-corrected chi connectivity index (χ0v) is 14.5. The van der Waals surface area contributed by atoms with E-state index in [-0.39, 0.29) is 11.8 Å². The van der Waals surface area contributed by atoms with E-state index in [0.29, 0.717) is 44.8 Å². The number of nitrogens with one attached hydrogen (secondary N) is 1. The number of morpholine rings is 1. The molecule has 3 rings (SSSR count). The summed E-state index contributed by atoms with van der Waals surface area (Å²) in [6.45, 7) is 4.18. The predicted molar refractivity (Wildman–Crippen MR) is 88.6 cm³/mol. The standard InChI is InChI=1S/C17H26N4O3/c1-13-18-12-14(20(13)2)15(22)19-17(6-4-3-5-7-17)16(23)21-8-10-24-11-9-21/h12H,3-11H2,1-2H3,(H,19,22). The van der Waals surface area contributed by atoms with Crippen molar-refractivity contribution in [2.75, 3.05) is 26.3 Å². The van der Waals surface area contributed by atoms with E-state index in [1.54, 1.807) is 10.8 Å². The van der Waals surface area contributed by atoms with E-state index >= 15 is 0 Å². The number of carbonyl (C=O) groups excluding carboxylic acids is 2. The first-order valence-corrected chi connectivity index (χ1v) is 8.71. The predicted octanol–water partition coefficient (Wildman–Crippen LogP) is 1.02. The Bertz CT molecular complexity index is 613. The second-order valence-electron chi connectivity index (χ2n) is 6.75. The first kappa shape index (κ1) is 17.0. The molecular weight excluding hydrogens is 308 g/mol. The third-order valence-corrected chi connectivity index (χ3v) is 5.22. The highest BCUT2D eigenvalue weighted by atomic mass is 16.5. The molecule has 0 bridgehead atoms. The van der Waals surface area contributed by atoms with Crippen LogP contribution in [0.15, 0.2) is 6.20 Å². The fraction of sp³-hybridized carbons (Fsp3) is 0.706. The van der Waals surface area contributed by atoms with Crippen molar-refractivity contribution in [3.63, 3.8) is 0 Å². The second-order valence-corrected chi connectivity index (χ2v) is 6.75. The average molecular weight is 334 g/mol. The molecule has 2 heterocycles. The molecular formula is C17H26N4O3. The minimum atomic E-state index is -0.787. The van der Waals surface area contributed by atoms with Gasteiger partial charge in [-0.15, -0.1) is 0 Å². The molecule has 2 aliphatic rings. The molecule has 1 saturated heterocycles. The van der Waals surface area contributed by atoms with E-state index < -0.39 is 5.54 Å². The van der Waals surface area contributed by atoms with Crippen LogP contribution in [0.5, 0.6) is 0 Å². The molecule has 1 N–H and O–H groups in total. The lowest BCUT2D eigenvalue weighted by Gasteiger charge is -2.41. The molecule has 1 aromatic heterocycles. The van der Waals surface area contributed by atoms with Crippen LogP contribution in [-0.2, 0) is 16.6 Å². The molecule has 7 nitrogen and oxygen atoms in total. The minimum absolute atomic E-state index is 0.0396. The Balaban J connectivity index is 1.81. The van der Waals surface area contributed by atoms with Crippen molar-refractivity contribution in [1.29, 1.82) is 0 Å². The molecule has 7 heteroatoms. The van der Waals surface area contributed by atoms with Gasteiger partial charge in [-0.2, -0.15) is 0 Å². The molecule has 0 spiro atoms. The van der Waals surface area contributed by atoms with Crippen LogP contribution < -0.4 is 5.32 Å². The molecule has 0 aromatic carbocycles. The summed E-state index contributed by atoms with van der Waals surface area (Å²) >= 11 is 0. The van der Waals surface area contributed by atoms with Gasteiger partial charge < -0.3 is 19.5 Å². The van der Waals surface area contributed by atoms with E-state index in [1.165, 1.54) is 0 Å². The Kier molecular flexibility index (Phi) is 4.89. The highest BCUT2D eigenvalue weighted by molar-refractivity contribution is 5.98. The fourth-order valence-corrected chi connectivity index (χ4v) is 3.61. The smallest absolute Gasteiger partial charge is 0.270 e. The molecule has 0 radical (unpaired) electrons. The zero-order chi connectivity index (χ0) is 17.2. The molecule has 2 amide bonds. The van der Waals surface area contributed by atoms with Crippen molar-refractivity contribution < 1.29 is 14.3 Å². The maximum absolute atomic E-state index is 13.2. The van der Waals surface area contributed by atoms with Crippen molar-refractivity contribution in [1.82, 2.24) is 19.8 Å². The Morgan fingerprint density at radius 3 is 2.46 bits per heavy atom. The second kappa shape index (κ2) is 6.93. The summed E-state index contributed by atoms with van der Waals surface area (Å²) in [7, 11) is 1.81. The lowest BCUT2D eigenvalue weighted by atomic mass is 9.80. The van der Waals surface area contributed by atoms with Gasteiger partial charge in [0.25, 0.3) is 5.91 Å². The van der Waals surface area contributed by atoms with Crippen molar-refractivity contribution >= 4 is 11.8 Å². The van der Waals surface area contributed by atoms with Gasteiger partial charge in [0.2, 0.25) is 5.91 Å². The van der Waals surface area contributed by atoms with Gasteiger partial charge in [-0.1, -0.05) is 19.3 Å². The SMILES string of the molecule is Cc1ncc(C(=O)NC2(C(=O)N3CCOCC3)CCCCC2)n1C. The number of ether oxygens (including phenoxy) is 1. The monoisotopic (exact) mass is 334 g/mol. The minimum Gasteiger partial charge on any atom is -0.378 e. The summed E-state index contributed by atoms with van der Waals surface area (Å²) in [6.07, 6.45) is 6.00. The highest BCUT2D eigenvalue weighted by Gasteiger charge is 2.44. The Hall–Kier alpha value is -1.89. The Morgan fingerprint density at radius 1 is 1.21 bits per heavy atom. The van der Waals surface area contributed by atoms with Crippen molar-refractivity contribution in [3.05, 3.63) is 17.7 Å². The van der Waals surface area contributed by atoms with Crippen LogP contribution in [-0.4, -0.2) is 58.1 Å². The van der Waals surface area contributed by atoms with E-state index in [9.17, 15) is 9.59 Å². The average Bonchev–Trinajstić information content (AvgIpc) is 2.95. The van der Waals surface area contributed by atoms with Crippen LogP contribution in [0.4, 0.5) is 0 Å². The number of amides is 2. The molecule has 132 valence electrons. The van der Waals surface area contributed by atoms with Crippen LogP contribution in [0.1, 0.15) is 48.4 Å². The number of nitrogens with zero attached hydrogens (tertiary/aromatic N) is 3. The summed E-state index contributed by atoms with van der Waals surface area (Å²) in [5.41, 5.74) is -0.294. The van der Waals surface area contributed by atoms with Crippen LogP contribution in [0.3, 0.4) is 0 Å². The number of aryl methyl sites for hydroxylation is 1. The molecule has 1 aromatic rings. The normalized spacial score (nSPS) is 20.7. The number of hydrogen-bond acceptors (Lipinski definition) is 4. The summed E-state index contributed by atoms with van der Waals surface area (Å²) in [5, 5.41) is 3.07. The van der Waals surface area contributed by atoms with Gasteiger partial charge in [0.1, 0.15) is 17.1 Å². The molecule has 0 atom stereocenters. The zero-order valence-electron chi connectivity index (χ0n) is 14.5. The maximum Gasteiger partial charge on any atom is 0.270 e. The van der Waals surface area contributed by atoms with Crippen molar-refractivity contribution in [2.24, 2.45) is 7.05 Å². The van der Waals surface area contributed by atoms with Crippen LogP contribution in [0.2, 0.25) is 0 Å². The lowest BCUT2D eigenvalue weighted by molar-refractivity contribution is -0.143. The van der Waals surface area contributed by atoms with Crippen molar-refractivity contribution in [2.45, 2.75) is 44.6 Å². The van der Waals surface area contributed by atoms with E-state index in [2.05, 4.69) is 10.3 Å². The highest BCUT2D eigenvalue weighted by Crippen LogP contribution is 2.31. The molecule has 1 saturated carbocycles. The quantitative estimate of drug-likeness (QED) is 0.895. The maximum atomic E-state index is 13.2. The van der Waals surface area contributed by atoms with Crippen LogP contribution in [0, 0.1) is 6.92 Å². The molecule has 0 unspecified atom stereocenters. The van der Waals surface area contributed by atoms with E-state index in [0.717, 1.165) is 25.1 Å². The lowest BCUT2D eigenvalue weighted by Crippen LogP contribution is -2.62. The summed E-state index contributed by atoms with van der Waals surface area (Å²) < 4.78 is 7.10. The van der Waals surface area contributed by atoms with Gasteiger partial charge in [-0.3, -0.25) is 9.59 Å². The van der Waals surface area contributed by atoms with E-state index in [4.69, 9.17) is 4.74 Å². The summed E-state index contributed by atoms with van der Waals surface area (Å²) in [5.74, 6) is 0.594. The molecule has 1 aliphatic heterocycles. The number of imidazole rings is 1. The van der Waals surface area contributed by atoms with Gasteiger partial charge in [0, 0.05) is 20.1 Å². The van der Waals surface area contributed by atoms with Gasteiger partial charge in [0.05, 0.1) is 19.4 Å².